The quantitative estimate of drug-likeness (QED) is 0.717. The number of hydrogen-bond acceptors (Lipinski definition) is 4. The van der Waals surface area contributed by atoms with Gasteiger partial charge in [-0.05, 0) is 6.54 Å². The predicted octanol–water partition coefficient (Wildman–Crippen LogP) is 0.905. The number of rotatable bonds is 5. The summed E-state index contributed by atoms with van der Waals surface area (Å²) in [5.74, 6) is 0. The third-order valence-electron chi connectivity index (χ3n) is 1.66. The van der Waals surface area contributed by atoms with Gasteiger partial charge in [-0.3, -0.25) is 0 Å². The van der Waals surface area contributed by atoms with Gasteiger partial charge in [0.2, 0.25) is 0 Å². The minimum Gasteiger partial charge on any atom is -0.316 e. The van der Waals surface area contributed by atoms with Gasteiger partial charge in [-0.25, -0.2) is 0 Å². The minimum atomic E-state index is 0.530. The lowest BCUT2D eigenvalue weighted by Crippen LogP contribution is -2.22. The number of aromatic nitrogens is 3. The maximum atomic E-state index is 4.01. The first kappa shape index (κ1) is 10.5. The van der Waals surface area contributed by atoms with E-state index >= 15 is 0 Å². The molecule has 0 radical (unpaired) electrons. The fourth-order valence-electron chi connectivity index (χ4n) is 0.949. The number of nitrogens with one attached hydrogen (secondary N) is 1. The summed E-state index contributed by atoms with van der Waals surface area (Å²) in [7, 11) is 1.96. The van der Waals surface area contributed by atoms with E-state index in [1.165, 1.54) is 0 Å². The van der Waals surface area contributed by atoms with Gasteiger partial charge in [0, 0.05) is 18.8 Å². The van der Waals surface area contributed by atoms with Crippen molar-refractivity contribution in [1.29, 1.82) is 0 Å². The van der Waals surface area contributed by atoms with Crippen LogP contribution in [-0.4, -0.2) is 33.1 Å². The van der Waals surface area contributed by atoms with E-state index in [9.17, 15) is 0 Å². The first-order valence-electron chi connectivity index (χ1n) is 4.45. The minimum absolute atomic E-state index is 0.530. The molecule has 1 rings (SSSR count). The molecule has 1 atom stereocenters. The molecule has 5 heteroatoms. The monoisotopic (exact) mass is 200 g/mol. The van der Waals surface area contributed by atoms with E-state index in [2.05, 4.69) is 29.4 Å². The summed E-state index contributed by atoms with van der Waals surface area (Å²) in [5, 5.41) is 12.6. The Kier molecular flexibility index (Phi) is 4.24. The van der Waals surface area contributed by atoms with Crippen LogP contribution in [0.4, 0.5) is 0 Å². The van der Waals surface area contributed by atoms with E-state index in [1.54, 1.807) is 18.1 Å². The van der Waals surface area contributed by atoms with Crippen LogP contribution < -0.4 is 5.32 Å². The van der Waals surface area contributed by atoms with Gasteiger partial charge in [0.25, 0.3) is 0 Å². The molecule has 0 amide bonds. The molecule has 74 valence electrons. The van der Waals surface area contributed by atoms with Crippen LogP contribution in [0.15, 0.2) is 11.5 Å². The van der Waals surface area contributed by atoms with Crippen LogP contribution in [0.1, 0.15) is 13.8 Å². The van der Waals surface area contributed by atoms with E-state index in [-0.39, 0.29) is 0 Å². The molecule has 13 heavy (non-hydrogen) atoms. The molecule has 0 fully saturated rings. The number of hydrogen-bond donors (Lipinski definition) is 1. The summed E-state index contributed by atoms with van der Waals surface area (Å²) < 4.78 is 1.94. The van der Waals surface area contributed by atoms with Crippen LogP contribution in [0.2, 0.25) is 0 Å². The molecule has 0 spiro atoms. The Bertz CT molecular complexity index is 248. The van der Waals surface area contributed by atoms with Crippen molar-refractivity contribution in [1.82, 2.24) is 20.1 Å². The van der Waals surface area contributed by atoms with Crippen LogP contribution in [-0.2, 0) is 7.05 Å². The number of nitrogens with zero attached hydrogens (tertiary/aromatic N) is 3. The van der Waals surface area contributed by atoms with Crippen molar-refractivity contribution in [2.75, 3.05) is 13.1 Å². The number of aryl methyl sites for hydroxylation is 1. The van der Waals surface area contributed by atoms with Crippen molar-refractivity contribution in [2.45, 2.75) is 24.3 Å². The van der Waals surface area contributed by atoms with Gasteiger partial charge in [0.05, 0.1) is 0 Å². The van der Waals surface area contributed by atoms with Crippen LogP contribution in [0.3, 0.4) is 0 Å². The van der Waals surface area contributed by atoms with Gasteiger partial charge in [-0.1, -0.05) is 25.6 Å². The zero-order chi connectivity index (χ0) is 9.68. The molecule has 0 aliphatic heterocycles. The fourth-order valence-corrected chi connectivity index (χ4v) is 1.82. The molecule has 0 aromatic carbocycles. The summed E-state index contributed by atoms with van der Waals surface area (Å²) in [5.41, 5.74) is 0. The molecule has 0 aliphatic rings. The van der Waals surface area contributed by atoms with Crippen molar-refractivity contribution >= 4 is 11.8 Å². The molecule has 0 saturated heterocycles. The third-order valence-corrected chi connectivity index (χ3v) is 2.81. The Balaban J connectivity index is 2.36. The van der Waals surface area contributed by atoms with E-state index in [4.69, 9.17) is 0 Å². The number of thioether (sulfide) groups is 1. The highest BCUT2D eigenvalue weighted by Crippen LogP contribution is 2.18. The highest BCUT2D eigenvalue weighted by Gasteiger charge is 2.07. The van der Waals surface area contributed by atoms with E-state index in [0.29, 0.717) is 5.25 Å². The molecule has 1 aromatic rings. The molecule has 0 bridgehead atoms. The molecule has 1 heterocycles. The molecule has 0 aliphatic carbocycles. The van der Waals surface area contributed by atoms with Crippen molar-refractivity contribution in [3.63, 3.8) is 0 Å². The maximum Gasteiger partial charge on any atom is 0.191 e. The standard InChI is InChI=1S/C8H16N4S/c1-4-9-5-7(2)13-8-11-10-6-12(8)3/h6-7,9H,4-5H2,1-3H3. The topological polar surface area (TPSA) is 42.7 Å². The van der Waals surface area contributed by atoms with Crippen molar-refractivity contribution in [2.24, 2.45) is 7.05 Å². The van der Waals surface area contributed by atoms with Crippen LogP contribution in [0.25, 0.3) is 0 Å². The summed E-state index contributed by atoms with van der Waals surface area (Å²) in [6, 6.07) is 0. The van der Waals surface area contributed by atoms with Gasteiger partial charge in [0.15, 0.2) is 5.16 Å². The summed E-state index contributed by atoms with van der Waals surface area (Å²) in [4.78, 5) is 0. The Morgan fingerprint density at radius 2 is 2.46 bits per heavy atom. The van der Waals surface area contributed by atoms with Crippen LogP contribution in [0, 0.1) is 0 Å². The molecule has 1 N–H and O–H groups in total. The average Bonchev–Trinajstić information content (AvgIpc) is 2.48. The molecule has 0 saturated carbocycles. The predicted molar refractivity (Wildman–Crippen MR) is 54.9 cm³/mol. The third kappa shape index (κ3) is 3.36. The second-order valence-corrected chi connectivity index (χ2v) is 4.37. The normalized spacial score (nSPS) is 13.2. The van der Waals surface area contributed by atoms with Crippen molar-refractivity contribution < 1.29 is 0 Å². The summed E-state index contributed by atoms with van der Waals surface area (Å²) >= 11 is 1.74. The van der Waals surface area contributed by atoms with E-state index in [1.807, 2.05) is 11.6 Å². The highest BCUT2D eigenvalue weighted by molar-refractivity contribution is 7.99. The smallest absolute Gasteiger partial charge is 0.191 e. The van der Waals surface area contributed by atoms with E-state index in [0.717, 1.165) is 18.2 Å². The van der Waals surface area contributed by atoms with E-state index < -0.39 is 0 Å². The Morgan fingerprint density at radius 1 is 1.69 bits per heavy atom. The lowest BCUT2D eigenvalue weighted by Gasteiger charge is -2.09. The first-order valence-corrected chi connectivity index (χ1v) is 5.33. The Morgan fingerprint density at radius 3 is 3.00 bits per heavy atom. The zero-order valence-electron chi connectivity index (χ0n) is 8.32. The second-order valence-electron chi connectivity index (χ2n) is 2.96. The van der Waals surface area contributed by atoms with Crippen molar-refractivity contribution in [3.8, 4) is 0 Å². The van der Waals surface area contributed by atoms with Gasteiger partial charge in [-0.2, -0.15) is 0 Å². The fraction of sp³-hybridized carbons (Fsp3) is 0.750. The van der Waals surface area contributed by atoms with Gasteiger partial charge >= 0.3 is 0 Å². The molecule has 1 unspecified atom stereocenters. The summed E-state index contributed by atoms with van der Waals surface area (Å²) in [6.45, 7) is 6.32. The van der Waals surface area contributed by atoms with Crippen LogP contribution in [0.5, 0.6) is 0 Å². The largest absolute Gasteiger partial charge is 0.316 e. The van der Waals surface area contributed by atoms with Gasteiger partial charge in [-0.15, -0.1) is 10.2 Å². The van der Waals surface area contributed by atoms with Crippen LogP contribution >= 0.6 is 11.8 Å². The second kappa shape index (κ2) is 5.24. The van der Waals surface area contributed by atoms with Gasteiger partial charge < -0.3 is 9.88 Å². The highest BCUT2D eigenvalue weighted by atomic mass is 32.2. The first-order chi connectivity index (χ1) is 6.24. The Hall–Kier alpha value is -0.550. The van der Waals surface area contributed by atoms with Crippen molar-refractivity contribution in [3.05, 3.63) is 6.33 Å². The lowest BCUT2D eigenvalue weighted by atomic mass is 10.5. The maximum absolute atomic E-state index is 4.01. The average molecular weight is 200 g/mol. The SMILES string of the molecule is CCNCC(C)Sc1nncn1C. The van der Waals surface area contributed by atoms with Gasteiger partial charge in [0.1, 0.15) is 6.33 Å². The molecule has 4 nitrogen and oxygen atoms in total. The summed E-state index contributed by atoms with van der Waals surface area (Å²) in [6.07, 6.45) is 1.72. The molecular formula is C8H16N4S. The zero-order valence-corrected chi connectivity index (χ0v) is 9.14. The molecule has 1 aromatic heterocycles. The Labute approximate surface area is 83.1 Å². The molecular weight excluding hydrogens is 184 g/mol. The lowest BCUT2D eigenvalue weighted by molar-refractivity contribution is 0.706.